The van der Waals surface area contributed by atoms with Gasteiger partial charge < -0.3 is 15.3 Å². The monoisotopic (exact) mass is 400 g/mol. The molecule has 0 aromatic heterocycles. The highest BCUT2D eigenvalue weighted by atomic mass is 16.4. The van der Waals surface area contributed by atoms with Crippen molar-refractivity contribution < 1.29 is 24.9 Å². The standard InChI is InChI=1S/C24H32O5/c25-21(18-13-16-7-5-6-8-17(16)14-18)12-11-20-19(22(26)15-23(20)27)9-3-1-2-4-10-24(28)29/h5-8,11-12,18-21,23,25,27H,1-4,9-10,13-15H2,(H,28,29)/t19-,20-,21-,23-/m1/s1. The van der Waals surface area contributed by atoms with Crippen LogP contribution < -0.4 is 0 Å². The Morgan fingerprint density at radius 3 is 2.38 bits per heavy atom. The van der Waals surface area contributed by atoms with Crippen molar-refractivity contribution in [1.82, 2.24) is 0 Å². The van der Waals surface area contributed by atoms with Crippen LogP contribution in [-0.4, -0.2) is 39.3 Å². The van der Waals surface area contributed by atoms with Crippen LogP contribution in [0.25, 0.3) is 0 Å². The molecule has 0 amide bonds. The number of benzene rings is 1. The summed E-state index contributed by atoms with van der Waals surface area (Å²) >= 11 is 0. The first-order valence-corrected chi connectivity index (χ1v) is 10.8. The smallest absolute Gasteiger partial charge is 0.303 e. The van der Waals surface area contributed by atoms with Crippen LogP contribution in [0, 0.1) is 17.8 Å². The van der Waals surface area contributed by atoms with Crippen LogP contribution in [-0.2, 0) is 22.4 Å². The molecule has 0 heterocycles. The van der Waals surface area contributed by atoms with Crippen molar-refractivity contribution in [3.05, 3.63) is 47.5 Å². The number of aliphatic hydroxyl groups is 2. The number of Topliss-reactive ketones (excluding diaryl/α,β-unsaturated/α-hetero) is 1. The predicted octanol–water partition coefficient (Wildman–Crippen LogP) is 3.31. The maximum Gasteiger partial charge on any atom is 0.303 e. The lowest BCUT2D eigenvalue weighted by Gasteiger charge is -2.19. The zero-order chi connectivity index (χ0) is 20.8. The lowest BCUT2D eigenvalue weighted by atomic mass is 9.87. The first-order chi connectivity index (χ1) is 14.0. The molecule has 5 heteroatoms. The number of hydrogen-bond donors (Lipinski definition) is 3. The molecule has 158 valence electrons. The highest BCUT2D eigenvalue weighted by Crippen LogP contribution is 2.35. The van der Waals surface area contributed by atoms with Crippen molar-refractivity contribution in [2.45, 2.75) is 70.0 Å². The Morgan fingerprint density at radius 1 is 1.07 bits per heavy atom. The molecule has 5 nitrogen and oxygen atoms in total. The first-order valence-electron chi connectivity index (χ1n) is 10.8. The van der Waals surface area contributed by atoms with Crippen LogP contribution in [0.2, 0.25) is 0 Å². The van der Waals surface area contributed by atoms with E-state index < -0.39 is 18.2 Å². The van der Waals surface area contributed by atoms with E-state index in [9.17, 15) is 19.8 Å². The molecule has 0 saturated heterocycles. The molecular weight excluding hydrogens is 368 g/mol. The van der Waals surface area contributed by atoms with Gasteiger partial charge in [-0.25, -0.2) is 0 Å². The van der Waals surface area contributed by atoms with E-state index in [1.807, 2.05) is 18.2 Å². The number of hydrogen-bond acceptors (Lipinski definition) is 4. The minimum Gasteiger partial charge on any atom is -0.481 e. The highest BCUT2D eigenvalue weighted by Gasteiger charge is 2.39. The molecule has 29 heavy (non-hydrogen) atoms. The fourth-order valence-corrected chi connectivity index (χ4v) is 4.82. The third-order valence-corrected chi connectivity index (χ3v) is 6.48. The lowest BCUT2D eigenvalue weighted by Crippen LogP contribution is -2.22. The number of aliphatic hydroxyl groups excluding tert-OH is 2. The van der Waals surface area contributed by atoms with E-state index in [0.29, 0.717) is 12.8 Å². The van der Waals surface area contributed by atoms with E-state index >= 15 is 0 Å². The van der Waals surface area contributed by atoms with Crippen LogP contribution in [0.1, 0.15) is 56.1 Å². The Balaban J connectivity index is 1.49. The Morgan fingerprint density at radius 2 is 1.72 bits per heavy atom. The molecule has 1 fully saturated rings. The summed E-state index contributed by atoms with van der Waals surface area (Å²) in [4.78, 5) is 22.9. The van der Waals surface area contributed by atoms with Gasteiger partial charge in [-0.15, -0.1) is 0 Å². The lowest BCUT2D eigenvalue weighted by molar-refractivity contribution is -0.137. The summed E-state index contributed by atoms with van der Waals surface area (Å²) in [5, 5.41) is 29.6. The van der Waals surface area contributed by atoms with E-state index in [0.717, 1.165) is 32.1 Å². The summed E-state index contributed by atoms with van der Waals surface area (Å²) in [6.45, 7) is 0. The fraction of sp³-hybridized carbons (Fsp3) is 0.583. The Bertz CT molecular complexity index is 716. The number of carbonyl (C=O) groups is 2. The van der Waals surface area contributed by atoms with Crippen molar-refractivity contribution in [3.63, 3.8) is 0 Å². The number of carboxylic acid groups (broad SMARTS) is 1. The predicted molar refractivity (Wildman–Crippen MR) is 110 cm³/mol. The van der Waals surface area contributed by atoms with Gasteiger partial charge in [0.15, 0.2) is 0 Å². The van der Waals surface area contributed by atoms with Gasteiger partial charge in [0.05, 0.1) is 12.2 Å². The van der Waals surface area contributed by atoms with Gasteiger partial charge in [0.25, 0.3) is 0 Å². The molecule has 3 N–H and O–H groups in total. The molecular formula is C24H32O5. The average Bonchev–Trinajstić information content (AvgIpc) is 3.23. The number of rotatable bonds is 10. The van der Waals surface area contributed by atoms with Crippen molar-refractivity contribution >= 4 is 11.8 Å². The number of unbranched alkanes of at least 4 members (excludes halogenated alkanes) is 3. The SMILES string of the molecule is O=C(O)CCCCCC[C@H]1C(=O)C[C@@H](O)[C@@H]1C=C[C@@H](O)C1Cc2ccccc2C1. The Kier molecular flexibility index (Phi) is 7.62. The molecule has 0 aliphatic heterocycles. The van der Waals surface area contributed by atoms with Crippen LogP contribution >= 0.6 is 0 Å². The number of aliphatic carboxylic acids is 1. The van der Waals surface area contributed by atoms with E-state index in [-0.39, 0.29) is 36.4 Å². The van der Waals surface area contributed by atoms with Gasteiger partial charge in [0, 0.05) is 24.7 Å². The van der Waals surface area contributed by atoms with Gasteiger partial charge >= 0.3 is 5.97 Å². The third-order valence-electron chi connectivity index (χ3n) is 6.48. The maximum atomic E-state index is 12.3. The topological polar surface area (TPSA) is 94.8 Å². The molecule has 4 atom stereocenters. The zero-order valence-electron chi connectivity index (χ0n) is 16.9. The maximum absolute atomic E-state index is 12.3. The van der Waals surface area contributed by atoms with Gasteiger partial charge in [0.1, 0.15) is 5.78 Å². The van der Waals surface area contributed by atoms with E-state index in [1.165, 1.54) is 11.1 Å². The van der Waals surface area contributed by atoms with E-state index in [2.05, 4.69) is 12.1 Å². The molecule has 2 aliphatic carbocycles. The quantitative estimate of drug-likeness (QED) is 0.414. The van der Waals surface area contributed by atoms with Gasteiger partial charge in [-0.1, -0.05) is 55.7 Å². The van der Waals surface area contributed by atoms with Crippen LogP contribution in [0.5, 0.6) is 0 Å². The van der Waals surface area contributed by atoms with E-state index in [1.54, 1.807) is 6.08 Å². The van der Waals surface area contributed by atoms with Crippen LogP contribution in [0.15, 0.2) is 36.4 Å². The van der Waals surface area contributed by atoms with Crippen molar-refractivity contribution in [1.29, 1.82) is 0 Å². The van der Waals surface area contributed by atoms with Crippen molar-refractivity contribution in [3.8, 4) is 0 Å². The summed E-state index contributed by atoms with van der Waals surface area (Å²) in [5.41, 5.74) is 2.59. The van der Waals surface area contributed by atoms with Gasteiger partial charge in [-0.3, -0.25) is 9.59 Å². The largest absolute Gasteiger partial charge is 0.481 e. The molecule has 0 radical (unpaired) electrons. The average molecular weight is 401 g/mol. The molecule has 0 unspecified atom stereocenters. The molecule has 1 aromatic rings. The highest BCUT2D eigenvalue weighted by molar-refractivity contribution is 5.84. The van der Waals surface area contributed by atoms with Gasteiger partial charge in [0.2, 0.25) is 0 Å². The minimum atomic E-state index is -0.770. The molecule has 1 saturated carbocycles. The molecule has 2 aliphatic rings. The summed E-state index contributed by atoms with van der Waals surface area (Å²) in [7, 11) is 0. The van der Waals surface area contributed by atoms with Gasteiger partial charge in [-0.05, 0) is 42.7 Å². The summed E-state index contributed by atoms with van der Waals surface area (Å²) in [5.74, 6) is -0.965. The summed E-state index contributed by atoms with van der Waals surface area (Å²) < 4.78 is 0. The second kappa shape index (κ2) is 10.2. The number of fused-ring (bicyclic) bond motifs is 1. The van der Waals surface area contributed by atoms with Crippen LogP contribution in [0.4, 0.5) is 0 Å². The summed E-state index contributed by atoms with van der Waals surface area (Å²) in [6, 6.07) is 8.27. The molecule has 3 rings (SSSR count). The molecule has 0 bridgehead atoms. The van der Waals surface area contributed by atoms with Crippen molar-refractivity contribution in [2.75, 3.05) is 0 Å². The Hall–Kier alpha value is -1.98. The number of carbonyl (C=O) groups excluding carboxylic acids is 1. The normalized spacial score (nSPS) is 25.6. The fourth-order valence-electron chi connectivity index (χ4n) is 4.82. The number of ketones is 1. The number of carboxylic acids is 1. The van der Waals surface area contributed by atoms with Gasteiger partial charge in [-0.2, -0.15) is 0 Å². The van der Waals surface area contributed by atoms with E-state index in [4.69, 9.17) is 5.11 Å². The minimum absolute atomic E-state index is 0.0976. The summed E-state index contributed by atoms with van der Waals surface area (Å²) in [6.07, 6.45) is 8.43. The Labute approximate surface area is 172 Å². The molecule has 0 spiro atoms. The van der Waals surface area contributed by atoms with Crippen molar-refractivity contribution in [2.24, 2.45) is 17.8 Å². The first kappa shape index (κ1) is 21.7. The molecule has 1 aromatic carbocycles. The van der Waals surface area contributed by atoms with Crippen LogP contribution in [0.3, 0.4) is 0 Å². The second-order valence-electron chi connectivity index (χ2n) is 8.58. The third kappa shape index (κ3) is 5.77. The zero-order valence-corrected chi connectivity index (χ0v) is 16.9. The second-order valence-corrected chi connectivity index (χ2v) is 8.58.